The topological polar surface area (TPSA) is 0 Å². The minimum Gasteiger partial charge on any atom is -0.0623 e. The predicted octanol–water partition coefficient (Wildman–Crippen LogP) is 1.69. The summed E-state index contributed by atoms with van der Waals surface area (Å²) in [4.78, 5) is 0. The van der Waals surface area contributed by atoms with Crippen molar-refractivity contribution in [3.63, 3.8) is 0 Å². The molecule has 0 saturated carbocycles. The van der Waals surface area contributed by atoms with E-state index in [9.17, 15) is 0 Å². The third kappa shape index (κ3) is 0.582. The van der Waals surface area contributed by atoms with Gasteiger partial charge in [0.25, 0.3) is 0 Å². The molecule has 0 unspecified atom stereocenters. The van der Waals surface area contributed by atoms with E-state index in [2.05, 4.69) is 0 Å². The van der Waals surface area contributed by atoms with Gasteiger partial charge in [-0.1, -0.05) is 36.3 Å². The zero-order valence-corrected chi connectivity index (χ0v) is 3.23. The number of hydrogen-bond donors (Lipinski definition) is 0. The van der Waals surface area contributed by atoms with E-state index in [4.69, 9.17) is 4.11 Å². The Morgan fingerprint density at radius 3 is 1.50 bits per heavy atom. The second-order valence-corrected chi connectivity index (χ2v) is 0.933. The Morgan fingerprint density at radius 1 is 0.833 bits per heavy atom. The molecule has 0 atom stereocenters. The Hall–Kier alpha value is -0.780. The molecular weight excluding hydrogens is 72.1 g/mol. The highest BCUT2D eigenvalue weighted by Gasteiger charge is 1.57. The van der Waals surface area contributed by atoms with Crippen LogP contribution in [0.4, 0.5) is 0 Å². The molecule has 0 heteroatoms. The van der Waals surface area contributed by atoms with Gasteiger partial charge in [0.15, 0.2) is 0 Å². The van der Waals surface area contributed by atoms with Crippen LogP contribution in [0.15, 0.2) is 36.3 Å². The second kappa shape index (κ2) is 1.61. The van der Waals surface area contributed by atoms with Gasteiger partial charge in [0.2, 0.25) is 0 Å². The minimum atomic E-state index is 0.229. The maximum atomic E-state index is 7.04. The van der Waals surface area contributed by atoms with Crippen molar-refractivity contribution in [1.82, 2.24) is 0 Å². The average Bonchev–Trinajstić information content (AvgIpc) is 1.59. The Kier molecular flexibility index (Phi) is 0.368. The van der Waals surface area contributed by atoms with E-state index in [1.807, 2.05) is 0 Å². The Labute approximate surface area is 41.6 Å². The van der Waals surface area contributed by atoms with Crippen molar-refractivity contribution in [3.05, 3.63) is 36.3 Å². The lowest BCUT2D eigenvalue weighted by atomic mass is 10.4. The zero-order valence-electron chi connectivity index (χ0n) is 6.23. The van der Waals surface area contributed by atoms with Crippen LogP contribution in [0.2, 0.25) is 0 Å². The SMILES string of the molecule is [2H]c1cc([2H])cc([2H])c1. The van der Waals surface area contributed by atoms with Crippen molar-refractivity contribution in [2.45, 2.75) is 0 Å². The fourth-order valence-electron chi connectivity index (χ4n) is 0.269. The fraction of sp³-hybridized carbons (Fsp3) is 0. The molecule has 0 amide bonds. The second-order valence-electron chi connectivity index (χ2n) is 0.933. The monoisotopic (exact) mass is 81.1 g/mol. The first-order valence-corrected chi connectivity index (χ1v) is 1.73. The standard InChI is InChI=1S/C6H6/c1-2-4-6-5-3-1/h1-6H/i1D,4D,5D. The van der Waals surface area contributed by atoms with Crippen LogP contribution in [-0.4, -0.2) is 0 Å². The van der Waals surface area contributed by atoms with Crippen LogP contribution in [0.1, 0.15) is 4.11 Å². The molecule has 0 N–H and O–H groups in total. The lowest BCUT2D eigenvalue weighted by Gasteiger charge is -1.69. The molecule has 30 valence electrons. The van der Waals surface area contributed by atoms with Gasteiger partial charge in [-0.2, -0.15) is 0 Å². The highest BCUT2D eigenvalue weighted by molar-refractivity contribution is 4.99. The summed E-state index contributed by atoms with van der Waals surface area (Å²) in [5.41, 5.74) is 0. The molecule has 0 bridgehead atoms. The molecule has 0 aromatic heterocycles. The van der Waals surface area contributed by atoms with Gasteiger partial charge >= 0.3 is 0 Å². The molecule has 6 heavy (non-hydrogen) atoms. The highest BCUT2D eigenvalue weighted by Crippen LogP contribution is 1.79. The van der Waals surface area contributed by atoms with Crippen molar-refractivity contribution in [3.8, 4) is 0 Å². The van der Waals surface area contributed by atoms with Crippen LogP contribution in [0, 0.1) is 0 Å². The highest BCUT2D eigenvalue weighted by atomic mass is 13.6. The van der Waals surface area contributed by atoms with Crippen molar-refractivity contribution in [1.29, 1.82) is 0 Å². The zero-order chi connectivity index (χ0) is 6.85. The summed E-state index contributed by atoms with van der Waals surface area (Å²) in [6, 6.07) is 4.89. The Bertz CT molecular complexity index is 169. The lowest BCUT2D eigenvalue weighted by Crippen LogP contribution is -1.47. The van der Waals surface area contributed by atoms with Gasteiger partial charge in [-0.3, -0.25) is 0 Å². The first-order valence-electron chi connectivity index (χ1n) is 3.23. The summed E-state index contributed by atoms with van der Waals surface area (Å²) < 4.78 is 21.1. The molecule has 1 rings (SSSR count). The Morgan fingerprint density at radius 2 is 1.17 bits per heavy atom. The molecule has 0 heterocycles. The largest absolute Gasteiger partial charge is 0.0623 e. The molecule has 1 aromatic rings. The van der Waals surface area contributed by atoms with Gasteiger partial charge in [0.05, 0.1) is 4.11 Å². The van der Waals surface area contributed by atoms with Crippen LogP contribution in [-0.2, 0) is 0 Å². The molecule has 0 aliphatic heterocycles. The predicted molar refractivity (Wildman–Crippen MR) is 26.4 cm³/mol. The number of benzene rings is 1. The van der Waals surface area contributed by atoms with Crippen LogP contribution in [0.25, 0.3) is 0 Å². The van der Waals surface area contributed by atoms with Gasteiger partial charge in [-0.05, 0) is 0 Å². The van der Waals surface area contributed by atoms with Crippen molar-refractivity contribution in [2.75, 3.05) is 0 Å². The van der Waals surface area contributed by atoms with E-state index in [0.717, 1.165) is 0 Å². The van der Waals surface area contributed by atoms with Crippen LogP contribution < -0.4 is 0 Å². The summed E-state index contributed by atoms with van der Waals surface area (Å²) in [5, 5.41) is 0. The van der Waals surface area contributed by atoms with E-state index in [0.29, 0.717) is 0 Å². The number of rotatable bonds is 0. The van der Waals surface area contributed by atoms with Gasteiger partial charge in [0.1, 0.15) is 0 Å². The summed E-state index contributed by atoms with van der Waals surface area (Å²) in [6.07, 6.45) is 0. The fourth-order valence-corrected chi connectivity index (χ4v) is 0.269. The van der Waals surface area contributed by atoms with E-state index in [1.54, 1.807) is 0 Å². The van der Waals surface area contributed by atoms with E-state index < -0.39 is 0 Å². The maximum absolute atomic E-state index is 7.04. The van der Waals surface area contributed by atoms with Gasteiger partial charge in [0, 0.05) is 0 Å². The molecule has 0 aliphatic rings. The van der Waals surface area contributed by atoms with Crippen molar-refractivity contribution < 1.29 is 4.11 Å². The van der Waals surface area contributed by atoms with Gasteiger partial charge in [-0.15, -0.1) is 0 Å². The van der Waals surface area contributed by atoms with E-state index in [-0.39, 0.29) is 18.1 Å². The third-order valence-corrected chi connectivity index (χ3v) is 0.500. The normalized spacial score (nSPS) is 15.0. The van der Waals surface area contributed by atoms with E-state index in [1.165, 1.54) is 18.2 Å². The third-order valence-electron chi connectivity index (χ3n) is 0.500. The molecular formula is C6H6. The maximum Gasteiger partial charge on any atom is 0.0623 e. The minimum absolute atomic E-state index is 0.229. The molecule has 0 spiro atoms. The quantitative estimate of drug-likeness (QED) is 0.445. The van der Waals surface area contributed by atoms with Crippen LogP contribution >= 0.6 is 0 Å². The van der Waals surface area contributed by atoms with Crippen molar-refractivity contribution >= 4 is 0 Å². The molecule has 0 fully saturated rings. The molecule has 1 aromatic carbocycles. The van der Waals surface area contributed by atoms with Crippen LogP contribution in [0.3, 0.4) is 0 Å². The Balaban J connectivity index is 3.17. The summed E-state index contributed by atoms with van der Waals surface area (Å²) >= 11 is 0. The van der Waals surface area contributed by atoms with Gasteiger partial charge < -0.3 is 0 Å². The van der Waals surface area contributed by atoms with Crippen LogP contribution in [0.5, 0.6) is 0 Å². The van der Waals surface area contributed by atoms with E-state index >= 15 is 0 Å². The van der Waals surface area contributed by atoms with Gasteiger partial charge in [-0.25, -0.2) is 0 Å². The molecule has 0 saturated heterocycles. The average molecular weight is 81.1 g/mol. The summed E-state index contributed by atoms with van der Waals surface area (Å²) in [5.74, 6) is 0. The summed E-state index contributed by atoms with van der Waals surface area (Å²) in [6.45, 7) is 0. The molecule has 0 nitrogen and oxygen atoms in total. The molecule has 0 radical (unpaired) electrons. The number of hydrogen-bond acceptors (Lipinski definition) is 0. The van der Waals surface area contributed by atoms with Crippen molar-refractivity contribution in [2.24, 2.45) is 0 Å². The lowest BCUT2D eigenvalue weighted by molar-refractivity contribution is 1.72. The first-order chi connectivity index (χ1) is 4.18. The molecule has 0 aliphatic carbocycles. The smallest absolute Gasteiger partial charge is 0.0623 e. The summed E-state index contributed by atoms with van der Waals surface area (Å²) in [7, 11) is 0. The first kappa shape index (κ1) is 1.38.